The molecule has 0 saturated carbocycles. The molecule has 0 aliphatic heterocycles. The van der Waals surface area contributed by atoms with E-state index in [1.54, 1.807) is 25.3 Å². The molecule has 1 aromatic heterocycles. The quantitative estimate of drug-likeness (QED) is 0.279. The summed E-state index contributed by atoms with van der Waals surface area (Å²) in [4.78, 5) is 15.8. The highest BCUT2D eigenvalue weighted by Gasteiger charge is 2.14. The lowest BCUT2D eigenvalue weighted by Crippen LogP contribution is -1.98. The maximum atomic E-state index is 13.1. The lowest BCUT2D eigenvalue weighted by atomic mass is 10.0. The fourth-order valence-corrected chi connectivity index (χ4v) is 4.75. The number of hydrogen-bond donors (Lipinski definition) is 2. The molecule has 168 valence electrons. The molecule has 0 fully saturated rings. The summed E-state index contributed by atoms with van der Waals surface area (Å²) in [5.74, 6) is -0.225. The first-order valence-corrected chi connectivity index (χ1v) is 11.4. The van der Waals surface area contributed by atoms with E-state index in [1.807, 2.05) is 23.6 Å². The van der Waals surface area contributed by atoms with Crippen LogP contribution in [0.15, 0.2) is 71.1 Å². The molecule has 0 amide bonds. The number of carboxylic acids is 1. The van der Waals surface area contributed by atoms with Crippen LogP contribution in [0, 0.1) is 5.82 Å². The van der Waals surface area contributed by atoms with Gasteiger partial charge in [0.15, 0.2) is 0 Å². The van der Waals surface area contributed by atoms with Gasteiger partial charge in [-0.3, -0.25) is 0 Å². The van der Waals surface area contributed by atoms with Crippen LogP contribution in [-0.2, 0) is 0 Å². The van der Waals surface area contributed by atoms with Crippen LogP contribution in [-0.4, -0.2) is 30.3 Å². The summed E-state index contributed by atoms with van der Waals surface area (Å²) in [5, 5.41) is 12.7. The first-order chi connectivity index (χ1) is 16.0. The summed E-state index contributed by atoms with van der Waals surface area (Å²) in [6, 6.07) is 16.6. The predicted octanol–water partition coefficient (Wildman–Crippen LogP) is 6.45. The van der Waals surface area contributed by atoms with Crippen molar-refractivity contribution in [2.45, 2.75) is 5.03 Å². The molecule has 0 spiro atoms. The average Bonchev–Trinajstić information content (AvgIpc) is 3.31. The molecular weight excluding hydrogens is 463 g/mol. The zero-order valence-corrected chi connectivity index (χ0v) is 19.3. The van der Waals surface area contributed by atoms with Crippen molar-refractivity contribution in [1.29, 1.82) is 0 Å². The molecular formula is C24H19FN2O4S2. The highest BCUT2D eigenvalue weighted by atomic mass is 32.2. The molecule has 6 nitrogen and oxygen atoms in total. The molecule has 2 N–H and O–H groups in total. The molecule has 0 saturated heterocycles. The molecule has 33 heavy (non-hydrogen) atoms. The van der Waals surface area contributed by atoms with Gasteiger partial charge < -0.3 is 19.3 Å². The molecule has 0 unspecified atom stereocenters. The van der Waals surface area contributed by atoms with Gasteiger partial charge in [-0.25, -0.2) is 14.2 Å². The van der Waals surface area contributed by atoms with E-state index in [0.29, 0.717) is 11.5 Å². The second kappa shape index (κ2) is 9.93. The van der Waals surface area contributed by atoms with Gasteiger partial charge >= 0.3 is 5.97 Å². The molecule has 0 atom stereocenters. The van der Waals surface area contributed by atoms with E-state index in [2.05, 4.69) is 9.71 Å². The van der Waals surface area contributed by atoms with Gasteiger partial charge in [0.1, 0.15) is 27.3 Å². The molecule has 0 aliphatic carbocycles. The van der Waals surface area contributed by atoms with E-state index in [-0.39, 0.29) is 11.4 Å². The van der Waals surface area contributed by atoms with Crippen molar-refractivity contribution in [1.82, 2.24) is 4.98 Å². The molecule has 1 heterocycles. The van der Waals surface area contributed by atoms with Crippen molar-refractivity contribution in [2.24, 2.45) is 0 Å². The zero-order chi connectivity index (χ0) is 23.4. The number of halogens is 1. The Hall–Kier alpha value is -3.56. The Morgan fingerprint density at radius 2 is 1.73 bits per heavy atom. The molecule has 4 aromatic rings. The number of carboxylic acid groups (broad SMARTS) is 1. The zero-order valence-electron chi connectivity index (χ0n) is 17.7. The predicted molar refractivity (Wildman–Crippen MR) is 129 cm³/mol. The molecule has 4 rings (SSSR count). The fraction of sp³-hybridized carbons (Fsp3) is 0.0833. The van der Waals surface area contributed by atoms with Crippen LogP contribution in [0.1, 0.15) is 10.4 Å². The number of methoxy groups -OCH3 is 2. The maximum Gasteiger partial charge on any atom is 0.335 e. The van der Waals surface area contributed by atoms with Crippen molar-refractivity contribution in [3.8, 4) is 33.2 Å². The third kappa shape index (κ3) is 5.10. The number of rotatable bonds is 8. The molecule has 3 aromatic carbocycles. The van der Waals surface area contributed by atoms with Crippen molar-refractivity contribution >= 4 is 34.9 Å². The van der Waals surface area contributed by atoms with E-state index in [0.717, 1.165) is 32.4 Å². The number of aromatic carboxylic acids is 1. The molecule has 0 radical (unpaired) electrons. The minimum absolute atomic E-state index is 0.153. The topological polar surface area (TPSA) is 80.7 Å². The minimum Gasteiger partial charge on any atom is -0.496 e. The summed E-state index contributed by atoms with van der Waals surface area (Å²) >= 11 is 2.82. The van der Waals surface area contributed by atoms with Gasteiger partial charge in [0.05, 0.1) is 25.5 Å². The third-order valence-corrected chi connectivity index (χ3v) is 6.58. The van der Waals surface area contributed by atoms with Crippen LogP contribution in [0.4, 0.5) is 10.1 Å². The maximum absolute atomic E-state index is 13.1. The van der Waals surface area contributed by atoms with Gasteiger partial charge in [0, 0.05) is 28.5 Å². The normalized spacial score (nSPS) is 10.6. The average molecular weight is 483 g/mol. The van der Waals surface area contributed by atoms with Gasteiger partial charge in [0.2, 0.25) is 0 Å². The molecule has 0 aliphatic rings. The Morgan fingerprint density at radius 3 is 2.42 bits per heavy atom. The summed E-state index contributed by atoms with van der Waals surface area (Å²) in [7, 11) is 3.08. The van der Waals surface area contributed by atoms with Crippen LogP contribution in [0.5, 0.6) is 11.5 Å². The summed E-state index contributed by atoms with van der Waals surface area (Å²) in [6.45, 7) is 0. The second-order valence-corrected chi connectivity index (χ2v) is 8.52. The Balaban J connectivity index is 1.52. The van der Waals surface area contributed by atoms with Crippen molar-refractivity contribution in [2.75, 3.05) is 18.9 Å². The largest absolute Gasteiger partial charge is 0.496 e. The number of carbonyl (C=O) groups is 1. The lowest BCUT2D eigenvalue weighted by molar-refractivity contribution is 0.0696. The number of hydrogen-bond acceptors (Lipinski definition) is 7. The van der Waals surface area contributed by atoms with E-state index < -0.39 is 5.97 Å². The van der Waals surface area contributed by atoms with E-state index in [1.165, 1.54) is 54.7 Å². The van der Waals surface area contributed by atoms with E-state index in [4.69, 9.17) is 9.47 Å². The van der Waals surface area contributed by atoms with Gasteiger partial charge in [-0.2, -0.15) is 0 Å². The summed E-state index contributed by atoms with van der Waals surface area (Å²) < 4.78 is 27.3. The number of nitrogens with zero attached hydrogens (tertiary/aromatic N) is 1. The number of aromatic nitrogens is 1. The van der Waals surface area contributed by atoms with Gasteiger partial charge in [-0.1, -0.05) is 6.07 Å². The first-order valence-electron chi connectivity index (χ1n) is 9.72. The smallest absolute Gasteiger partial charge is 0.335 e. The van der Waals surface area contributed by atoms with Crippen LogP contribution >= 0.6 is 23.3 Å². The molecule has 9 heteroatoms. The Kier molecular flexibility index (Phi) is 6.81. The number of ether oxygens (including phenoxy) is 2. The van der Waals surface area contributed by atoms with Crippen molar-refractivity contribution in [3.05, 3.63) is 77.4 Å². The van der Waals surface area contributed by atoms with Crippen LogP contribution < -0.4 is 14.2 Å². The van der Waals surface area contributed by atoms with Crippen molar-refractivity contribution < 1.29 is 23.8 Å². The Labute approximate surface area is 198 Å². The lowest BCUT2D eigenvalue weighted by Gasteiger charge is -2.14. The standard InChI is InChI=1S/C24H19FN2O4S2/c1-30-20-12-16(24(28)29)5-9-18(20)15-6-10-19(21(11-15)31-2)27-33-22-13-32-23(26-22)14-3-7-17(25)8-4-14/h3-13,27H,1-2H3,(H,28,29). The van der Waals surface area contributed by atoms with Crippen LogP contribution in [0.2, 0.25) is 0 Å². The monoisotopic (exact) mass is 482 g/mol. The highest BCUT2D eigenvalue weighted by molar-refractivity contribution is 8.00. The summed E-state index contributed by atoms with van der Waals surface area (Å²) in [6.07, 6.45) is 0. The third-order valence-electron chi connectivity index (χ3n) is 4.80. The number of nitrogens with one attached hydrogen (secondary N) is 1. The van der Waals surface area contributed by atoms with Gasteiger partial charge in [-0.05, 0) is 60.2 Å². The van der Waals surface area contributed by atoms with Crippen LogP contribution in [0.25, 0.3) is 21.7 Å². The second-order valence-electron chi connectivity index (χ2n) is 6.84. The highest BCUT2D eigenvalue weighted by Crippen LogP contribution is 2.38. The number of benzene rings is 3. The fourth-order valence-electron chi connectivity index (χ4n) is 3.14. The SMILES string of the molecule is COc1cc(-c2ccc(C(=O)O)cc2OC)ccc1NSc1csc(-c2ccc(F)cc2)n1. The number of thiazole rings is 1. The number of anilines is 1. The first kappa shape index (κ1) is 22.6. The van der Waals surface area contributed by atoms with Crippen LogP contribution in [0.3, 0.4) is 0 Å². The minimum atomic E-state index is -1.02. The van der Waals surface area contributed by atoms with E-state index in [9.17, 15) is 14.3 Å². The molecule has 0 bridgehead atoms. The Morgan fingerprint density at radius 1 is 1.00 bits per heavy atom. The van der Waals surface area contributed by atoms with E-state index >= 15 is 0 Å². The van der Waals surface area contributed by atoms with Gasteiger partial charge in [0.25, 0.3) is 0 Å². The summed E-state index contributed by atoms with van der Waals surface area (Å²) in [5.41, 5.74) is 3.34. The Bertz CT molecular complexity index is 1290. The van der Waals surface area contributed by atoms with Crippen molar-refractivity contribution in [3.63, 3.8) is 0 Å². The van der Waals surface area contributed by atoms with Gasteiger partial charge in [-0.15, -0.1) is 11.3 Å².